The Morgan fingerprint density at radius 3 is 2.86 bits per heavy atom. The summed E-state index contributed by atoms with van der Waals surface area (Å²) in [6.07, 6.45) is 3.88. The molecular weight excluding hydrogens is 368 g/mol. The van der Waals surface area contributed by atoms with Gasteiger partial charge in [0.2, 0.25) is 0 Å². The van der Waals surface area contributed by atoms with Gasteiger partial charge in [0, 0.05) is 52.4 Å². The first-order valence-corrected chi connectivity index (χ1v) is 11.2. The standard InChI is InChI=1S/C22H34N4OS/c1-27-11-8-23-22(28)24-13-21-12-18-7-10-26(21)16-20(18)15-25-9-6-17-4-2-3-5-19(17)14-25/h2-5,18,20-21H,6-16H2,1H3,(H2,23,24,28). The van der Waals surface area contributed by atoms with Crippen LogP contribution >= 0.6 is 12.2 Å². The lowest BCUT2D eigenvalue weighted by Crippen LogP contribution is -2.59. The fourth-order valence-corrected chi connectivity index (χ4v) is 5.44. The predicted octanol–water partition coefficient (Wildman–Crippen LogP) is 1.87. The number of methoxy groups -OCH3 is 1. The lowest BCUT2D eigenvalue weighted by atomic mass is 9.75. The second-order valence-corrected chi connectivity index (χ2v) is 8.98. The highest BCUT2D eigenvalue weighted by molar-refractivity contribution is 7.80. The SMILES string of the molecule is COCCNC(=S)NCC1CC2CCN1CC2CN1CCc2ccccc2C1. The van der Waals surface area contributed by atoms with E-state index in [2.05, 4.69) is 44.7 Å². The van der Waals surface area contributed by atoms with Gasteiger partial charge in [-0.05, 0) is 61.0 Å². The Hall–Kier alpha value is -1.21. The van der Waals surface area contributed by atoms with E-state index in [4.69, 9.17) is 17.0 Å². The molecule has 0 saturated carbocycles. The van der Waals surface area contributed by atoms with Crippen molar-refractivity contribution in [3.8, 4) is 0 Å². The van der Waals surface area contributed by atoms with Gasteiger partial charge in [-0.1, -0.05) is 24.3 Å². The summed E-state index contributed by atoms with van der Waals surface area (Å²) in [5.41, 5.74) is 3.08. The van der Waals surface area contributed by atoms with Crippen LogP contribution in [0, 0.1) is 11.8 Å². The second-order valence-electron chi connectivity index (χ2n) is 8.58. The number of hydrogen-bond acceptors (Lipinski definition) is 4. The van der Waals surface area contributed by atoms with E-state index >= 15 is 0 Å². The maximum Gasteiger partial charge on any atom is 0.166 e. The van der Waals surface area contributed by atoms with Crippen molar-refractivity contribution < 1.29 is 4.74 Å². The van der Waals surface area contributed by atoms with Crippen LogP contribution in [0.1, 0.15) is 24.0 Å². The van der Waals surface area contributed by atoms with Crippen LogP contribution < -0.4 is 10.6 Å². The van der Waals surface area contributed by atoms with Crippen LogP contribution in [0.5, 0.6) is 0 Å². The maximum atomic E-state index is 5.38. The van der Waals surface area contributed by atoms with Crippen molar-refractivity contribution in [2.45, 2.75) is 31.8 Å². The van der Waals surface area contributed by atoms with Crippen molar-refractivity contribution >= 4 is 17.3 Å². The molecule has 0 spiro atoms. The van der Waals surface area contributed by atoms with Gasteiger partial charge < -0.3 is 15.4 Å². The largest absolute Gasteiger partial charge is 0.383 e. The third kappa shape index (κ3) is 4.85. The van der Waals surface area contributed by atoms with E-state index < -0.39 is 0 Å². The van der Waals surface area contributed by atoms with Gasteiger partial charge in [0.05, 0.1) is 6.61 Å². The van der Waals surface area contributed by atoms with E-state index in [1.54, 1.807) is 12.7 Å². The zero-order valence-corrected chi connectivity index (χ0v) is 17.8. The summed E-state index contributed by atoms with van der Waals surface area (Å²) in [7, 11) is 1.71. The van der Waals surface area contributed by atoms with Crippen molar-refractivity contribution in [1.82, 2.24) is 20.4 Å². The molecule has 0 amide bonds. The molecule has 3 fully saturated rings. The topological polar surface area (TPSA) is 39.8 Å². The van der Waals surface area contributed by atoms with E-state index in [0.29, 0.717) is 12.6 Å². The molecule has 1 aromatic rings. The molecule has 4 aliphatic rings. The van der Waals surface area contributed by atoms with E-state index in [0.717, 1.165) is 36.6 Å². The Bertz CT molecular complexity index is 670. The van der Waals surface area contributed by atoms with E-state index in [9.17, 15) is 0 Å². The summed E-state index contributed by atoms with van der Waals surface area (Å²) < 4.78 is 5.06. The molecule has 2 bridgehead atoms. The van der Waals surface area contributed by atoms with Crippen LogP contribution in [-0.4, -0.2) is 73.9 Å². The predicted molar refractivity (Wildman–Crippen MR) is 117 cm³/mol. The number of nitrogens with one attached hydrogen (secondary N) is 2. The van der Waals surface area contributed by atoms with Crippen molar-refractivity contribution in [2.24, 2.45) is 11.8 Å². The van der Waals surface area contributed by atoms with E-state index in [1.165, 1.54) is 51.0 Å². The number of nitrogens with zero attached hydrogens (tertiary/aromatic N) is 2. The third-order valence-corrected chi connectivity index (χ3v) is 7.10. The number of rotatable bonds is 7. The van der Waals surface area contributed by atoms with Crippen LogP contribution in [0.3, 0.4) is 0 Å². The lowest BCUT2D eigenvalue weighted by Gasteiger charge is -2.51. The third-order valence-electron chi connectivity index (χ3n) is 6.81. The molecule has 4 aliphatic heterocycles. The average molecular weight is 403 g/mol. The zero-order valence-electron chi connectivity index (χ0n) is 17.0. The first-order valence-electron chi connectivity index (χ1n) is 10.8. The normalized spacial score (nSPS) is 29.3. The van der Waals surface area contributed by atoms with Crippen molar-refractivity contribution in [3.05, 3.63) is 35.4 Å². The summed E-state index contributed by atoms with van der Waals surface area (Å²) in [5, 5.41) is 7.38. The Morgan fingerprint density at radius 1 is 1.21 bits per heavy atom. The minimum absolute atomic E-state index is 0.624. The van der Waals surface area contributed by atoms with Crippen LogP contribution in [0.4, 0.5) is 0 Å². The lowest BCUT2D eigenvalue weighted by molar-refractivity contribution is -0.0121. The molecule has 154 valence electrons. The van der Waals surface area contributed by atoms with Crippen molar-refractivity contribution in [1.29, 1.82) is 0 Å². The van der Waals surface area contributed by atoms with E-state index in [-0.39, 0.29) is 0 Å². The molecule has 4 atom stereocenters. The van der Waals surface area contributed by atoms with Gasteiger partial charge in [0.1, 0.15) is 0 Å². The van der Waals surface area contributed by atoms with Crippen LogP contribution in [0.15, 0.2) is 24.3 Å². The number of hydrogen-bond donors (Lipinski definition) is 2. The fraction of sp³-hybridized carbons (Fsp3) is 0.682. The highest BCUT2D eigenvalue weighted by Gasteiger charge is 2.40. The van der Waals surface area contributed by atoms with Gasteiger partial charge in [-0.25, -0.2) is 0 Å². The summed E-state index contributed by atoms with van der Waals surface area (Å²) in [6, 6.07) is 9.59. The van der Waals surface area contributed by atoms with E-state index in [1.807, 2.05) is 0 Å². The molecule has 5 nitrogen and oxygen atoms in total. The van der Waals surface area contributed by atoms with Gasteiger partial charge >= 0.3 is 0 Å². The first kappa shape index (κ1) is 20.1. The monoisotopic (exact) mass is 402 g/mol. The average Bonchev–Trinajstić information content (AvgIpc) is 2.73. The molecule has 28 heavy (non-hydrogen) atoms. The smallest absolute Gasteiger partial charge is 0.166 e. The number of thiocarbonyl (C=S) groups is 1. The molecule has 4 unspecified atom stereocenters. The zero-order chi connectivity index (χ0) is 19.3. The number of piperidine rings is 3. The molecule has 3 saturated heterocycles. The number of fused-ring (bicyclic) bond motifs is 4. The first-order chi connectivity index (χ1) is 13.7. The summed E-state index contributed by atoms with van der Waals surface area (Å²) in [4.78, 5) is 5.39. The molecule has 0 aliphatic carbocycles. The Morgan fingerprint density at radius 2 is 2.07 bits per heavy atom. The molecule has 2 N–H and O–H groups in total. The van der Waals surface area contributed by atoms with Crippen LogP contribution in [-0.2, 0) is 17.7 Å². The van der Waals surface area contributed by atoms with Gasteiger partial charge in [0.15, 0.2) is 5.11 Å². The molecule has 4 heterocycles. The molecule has 1 aromatic carbocycles. The van der Waals surface area contributed by atoms with Gasteiger partial charge in [-0.15, -0.1) is 0 Å². The Balaban J connectivity index is 1.24. The highest BCUT2D eigenvalue weighted by atomic mass is 32.1. The molecule has 6 heteroatoms. The highest BCUT2D eigenvalue weighted by Crippen LogP contribution is 2.37. The minimum atomic E-state index is 0.624. The number of benzene rings is 1. The quantitative estimate of drug-likeness (QED) is 0.536. The fourth-order valence-electron chi connectivity index (χ4n) is 5.25. The number of ether oxygens (including phenoxy) is 1. The molecule has 0 aromatic heterocycles. The van der Waals surface area contributed by atoms with Crippen LogP contribution in [0.2, 0.25) is 0 Å². The van der Waals surface area contributed by atoms with Gasteiger partial charge in [0.25, 0.3) is 0 Å². The van der Waals surface area contributed by atoms with Gasteiger partial charge in [-0.3, -0.25) is 9.80 Å². The molecular formula is C22H34N4OS. The van der Waals surface area contributed by atoms with Crippen molar-refractivity contribution in [3.63, 3.8) is 0 Å². The second kappa shape index (κ2) is 9.53. The Labute approximate surface area is 174 Å². The van der Waals surface area contributed by atoms with Crippen LogP contribution in [0.25, 0.3) is 0 Å². The summed E-state index contributed by atoms with van der Waals surface area (Å²) in [5.74, 6) is 1.69. The summed E-state index contributed by atoms with van der Waals surface area (Å²) in [6.45, 7) is 8.51. The maximum absolute atomic E-state index is 5.38. The minimum Gasteiger partial charge on any atom is -0.383 e. The summed E-state index contributed by atoms with van der Waals surface area (Å²) >= 11 is 5.38. The molecule has 5 rings (SSSR count). The molecule has 0 radical (unpaired) electrons. The van der Waals surface area contributed by atoms with Crippen molar-refractivity contribution in [2.75, 3.05) is 53.0 Å². The van der Waals surface area contributed by atoms with Gasteiger partial charge in [-0.2, -0.15) is 0 Å². The Kier molecular flexibility index (Phi) is 6.83.